The summed E-state index contributed by atoms with van der Waals surface area (Å²) in [6.07, 6.45) is 0. The minimum Gasteiger partial charge on any atom is -0.497 e. The van der Waals surface area contributed by atoms with Gasteiger partial charge < -0.3 is 14.5 Å². The van der Waals surface area contributed by atoms with Crippen molar-refractivity contribution >= 4 is 39.9 Å². The van der Waals surface area contributed by atoms with Crippen molar-refractivity contribution in [2.24, 2.45) is 0 Å². The fourth-order valence-corrected chi connectivity index (χ4v) is 3.54. The molecule has 4 aromatic rings. The largest absolute Gasteiger partial charge is 0.497 e. The van der Waals surface area contributed by atoms with E-state index in [1.807, 2.05) is 43.3 Å². The number of carbonyl (C=O) groups excluding carboxylic acids is 2. The second-order valence-electron chi connectivity index (χ2n) is 6.69. The minimum absolute atomic E-state index is 0.232. The van der Waals surface area contributed by atoms with E-state index in [9.17, 15) is 9.59 Å². The normalized spacial score (nSPS) is 10.6. The number of ether oxygens (including phenoxy) is 1. The molecule has 0 saturated heterocycles. The van der Waals surface area contributed by atoms with Crippen molar-refractivity contribution in [2.45, 2.75) is 6.92 Å². The number of nitrogens with one attached hydrogen (secondary N) is 2. The number of methoxy groups -OCH3 is 1. The van der Waals surface area contributed by atoms with Crippen LogP contribution < -0.4 is 14.8 Å². The Morgan fingerprint density at radius 3 is 2.55 bits per heavy atom. The highest BCUT2D eigenvalue weighted by atomic mass is 32.2. The molecule has 0 aliphatic rings. The smallest absolute Gasteiger partial charge is 0.329 e. The second kappa shape index (κ2) is 8.93. The fraction of sp³-hybridized carbons (Fsp3) is 0.0870. The van der Waals surface area contributed by atoms with E-state index in [1.54, 1.807) is 37.4 Å². The summed E-state index contributed by atoms with van der Waals surface area (Å²) in [7, 11) is 1.61. The van der Waals surface area contributed by atoms with Gasteiger partial charge >= 0.3 is 6.03 Å². The van der Waals surface area contributed by atoms with E-state index in [1.165, 1.54) is 0 Å². The summed E-state index contributed by atoms with van der Waals surface area (Å²) in [6.45, 7) is 1.85. The van der Waals surface area contributed by atoms with Gasteiger partial charge in [-0.05, 0) is 55.0 Å². The van der Waals surface area contributed by atoms with Crippen LogP contribution in [0.5, 0.6) is 5.75 Å². The SMILES string of the molecule is COc1ccc(-c2nc3cc(NC(=O)NSC(=O)c4ccccc4C)ccc3o2)cc1. The maximum Gasteiger partial charge on any atom is 0.329 e. The molecule has 0 aliphatic heterocycles. The van der Waals surface area contributed by atoms with Crippen molar-refractivity contribution in [3.8, 4) is 17.2 Å². The maximum atomic E-state index is 12.3. The van der Waals surface area contributed by atoms with Gasteiger partial charge in [0.15, 0.2) is 5.58 Å². The predicted octanol–water partition coefficient (Wildman–Crippen LogP) is 5.42. The highest BCUT2D eigenvalue weighted by Crippen LogP contribution is 2.27. The van der Waals surface area contributed by atoms with Crippen LogP contribution >= 0.6 is 11.9 Å². The molecule has 0 spiro atoms. The minimum atomic E-state index is -0.509. The number of carbonyl (C=O) groups is 2. The number of nitrogens with zero attached hydrogens (tertiary/aromatic N) is 1. The highest BCUT2D eigenvalue weighted by molar-refractivity contribution is 8.12. The molecule has 2 N–H and O–H groups in total. The zero-order valence-electron chi connectivity index (χ0n) is 16.8. The van der Waals surface area contributed by atoms with E-state index >= 15 is 0 Å². The van der Waals surface area contributed by atoms with Crippen LogP contribution in [0.15, 0.2) is 71.1 Å². The topological polar surface area (TPSA) is 93.5 Å². The number of rotatable bonds is 4. The van der Waals surface area contributed by atoms with Crippen molar-refractivity contribution in [3.63, 3.8) is 0 Å². The molecule has 0 aliphatic carbocycles. The molecule has 8 heteroatoms. The molecule has 4 rings (SSSR count). The van der Waals surface area contributed by atoms with Gasteiger partial charge in [0, 0.05) is 28.8 Å². The Balaban J connectivity index is 1.41. The van der Waals surface area contributed by atoms with Gasteiger partial charge in [-0.2, -0.15) is 0 Å². The van der Waals surface area contributed by atoms with E-state index in [0.717, 1.165) is 28.8 Å². The van der Waals surface area contributed by atoms with Crippen LogP contribution in [0.25, 0.3) is 22.6 Å². The van der Waals surface area contributed by atoms with Gasteiger partial charge in [0.2, 0.25) is 11.0 Å². The Morgan fingerprint density at radius 2 is 1.81 bits per heavy atom. The molecule has 1 aromatic heterocycles. The lowest BCUT2D eigenvalue weighted by Crippen LogP contribution is -2.24. The maximum absolute atomic E-state index is 12.3. The third kappa shape index (κ3) is 4.70. The van der Waals surface area contributed by atoms with Crippen molar-refractivity contribution in [1.29, 1.82) is 0 Å². The number of hydrogen-bond acceptors (Lipinski definition) is 6. The molecule has 0 fully saturated rings. The number of aromatic nitrogens is 1. The number of oxazole rings is 1. The third-order valence-electron chi connectivity index (χ3n) is 4.58. The lowest BCUT2D eigenvalue weighted by Gasteiger charge is -2.07. The summed E-state index contributed by atoms with van der Waals surface area (Å²) < 4.78 is 13.5. The quantitative estimate of drug-likeness (QED) is 0.417. The summed E-state index contributed by atoms with van der Waals surface area (Å²) >= 11 is 0.734. The van der Waals surface area contributed by atoms with Crippen LogP contribution in [0.2, 0.25) is 0 Å². The van der Waals surface area contributed by atoms with Crippen LogP contribution in [0.3, 0.4) is 0 Å². The molecule has 0 atom stereocenters. The van der Waals surface area contributed by atoms with Crippen LogP contribution in [-0.4, -0.2) is 23.2 Å². The van der Waals surface area contributed by atoms with Gasteiger partial charge in [0.25, 0.3) is 0 Å². The van der Waals surface area contributed by atoms with Gasteiger partial charge in [-0.15, -0.1) is 0 Å². The van der Waals surface area contributed by atoms with Gasteiger partial charge in [0.1, 0.15) is 11.3 Å². The lowest BCUT2D eigenvalue weighted by molar-refractivity contribution is 0.108. The molecule has 0 unspecified atom stereocenters. The first-order chi connectivity index (χ1) is 15.0. The summed E-state index contributed by atoms with van der Waals surface area (Å²) in [6, 6.07) is 19.2. The molecule has 2 amide bonds. The number of fused-ring (bicyclic) bond motifs is 1. The van der Waals surface area contributed by atoms with E-state index in [-0.39, 0.29) is 5.12 Å². The molecule has 0 bridgehead atoms. The first-order valence-electron chi connectivity index (χ1n) is 9.42. The van der Waals surface area contributed by atoms with E-state index in [2.05, 4.69) is 15.0 Å². The van der Waals surface area contributed by atoms with Gasteiger partial charge in [-0.3, -0.25) is 9.52 Å². The molecule has 156 valence electrons. The standard InChI is InChI=1S/C23H19N3O4S/c1-14-5-3-4-6-18(14)22(27)31-26-23(28)24-16-9-12-20-19(13-16)25-21(30-20)15-7-10-17(29-2)11-8-15/h3-13H,1-2H3,(H2,24,26,28). The van der Waals surface area contributed by atoms with Gasteiger partial charge in [-0.25, -0.2) is 9.78 Å². The first-order valence-corrected chi connectivity index (χ1v) is 10.2. The van der Waals surface area contributed by atoms with Crippen molar-refractivity contribution in [3.05, 3.63) is 77.9 Å². The Morgan fingerprint density at radius 1 is 1.03 bits per heavy atom. The molecular weight excluding hydrogens is 414 g/mol. The number of amides is 2. The Kier molecular flexibility index (Phi) is 5.90. The van der Waals surface area contributed by atoms with Gasteiger partial charge in [-0.1, -0.05) is 24.3 Å². The average molecular weight is 433 g/mol. The Labute approximate surface area is 182 Å². The molecule has 0 saturated carbocycles. The fourth-order valence-electron chi connectivity index (χ4n) is 2.97. The van der Waals surface area contributed by atoms with E-state index in [0.29, 0.717) is 28.2 Å². The molecule has 3 aromatic carbocycles. The Bertz CT molecular complexity index is 1250. The van der Waals surface area contributed by atoms with E-state index in [4.69, 9.17) is 9.15 Å². The number of benzene rings is 3. The molecule has 1 heterocycles. The summed E-state index contributed by atoms with van der Waals surface area (Å²) in [5, 5.41) is 2.47. The summed E-state index contributed by atoms with van der Waals surface area (Å²) in [5.74, 6) is 1.22. The monoisotopic (exact) mass is 433 g/mol. The highest BCUT2D eigenvalue weighted by Gasteiger charge is 2.13. The number of aryl methyl sites for hydroxylation is 1. The van der Waals surface area contributed by atoms with Crippen molar-refractivity contribution < 1.29 is 18.7 Å². The second-order valence-corrected chi connectivity index (χ2v) is 7.47. The number of anilines is 1. The van der Waals surface area contributed by atoms with Gasteiger partial charge in [0.05, 0.1) is 7.11 Å². The molecule has 7 nitrogen and oxygen atoms in total. The van der Waals surface area contributed by atoms with Crippen LogP contribution in [0.1, 0.15) is 15.9 Å². The molecule has 31 heavy (non-hydrogen) atoms. The van der Waals surface area contributed by atoms with Crippen LogP contribution in [0.4, 0.5) is 10.5 Å². The third-order valence-corrected chi connectivity index (χ3v) is 5.28. The van der Waals surface area contributed by atoms with Crippen molar-refractivity contribution in [1.82, 2.24) is 9.71 Å². The van der Waals surface area contributed by atoms with E-state index < -0.39 is 6.03 Å². The molecular formula is C23H19N3O4S. The molecule has 0 radical (unpaired) electrons. The summed E-state index contributed by atoms with van der Waals surface area (Å²) in [4.78, 5) is 29.0. The van der Waals surface area contributed by atoms with Crippen LogP contribution in [-0.2, 0) is 0 Å². The predicted molar refractivity (Wildman–Crippen MR) is 121 cm³/mol. The summed E-state index contributed by atoms with van der Waals surface area (Å²) in [5.41, 5.74) is 3.96. The Hall–Kier alpha value is -3.78. The zero-order valence-corrected chi connectivity index (χ0v) is 17.7. The number of hydrogen-bond donors (Lipinski definition) is 2. The first kappa shape index (κ1) is 20.5. The average Bonchev–Trinajstić information content (AvgIpc) is 3.21. The number of urea groups is 1. The lowest BCUT2D eigenvalue weighted by atomic mass is 10.1. The van der Waals surface area contributed by atoms with Crippen LogP contribution in [0, 0.1) is 6.92 Å². The van der Waals surface area contributed by atoms with Crippen molar-refractivity contribution in [2.75, 3.05) is 12.4 Å². The zero-order chi connectivity index (χ0) is 21.8.